The van der Waals surface area contributed by atoms with Gasteiger partial charge < -0.3 is 15.0 Å². The summed E-state index contributed by atoms with van der Waals surface area (Å²) in [5, 5.41) is 3.13. The minimum absolute atomic E-state index is 0.00107. The number of amides is 1. The summed E-state index contributed by atoms with van der Waals surface area (Å²) in [7, 11) is 0. The van der Waals surface area contributed by atoms with E-state index < -0.39 is 0 Å². The first kappa shape index (κ1) is 19.2. The summed E-state index contributed by atoms with van der Waals surface area (Å²) in [4.78, 5) is 14.7. The Bertz CT molecular complexity index is 777. The molecular formula is C23H28N2O2. The normalized spacial score (nSPS) is 15.7. The number of hydrogen-bond donors (Lipinski definition) is 1. The van der Waals surface area contributed by atoms with E-state index in [1.165, 1.54) is 11.3 Å². The number of rotatable bonds is 6. The lowest BCUT2D eigenvalue weighted by Gasteiger charge is -2.29. The molecule has 0 spiro atoms. The van der Waals surface area contributed by atoms with Gasteiger partial charge in [0, 0.05) is 24.9 Å². The fraction of sp³-hybridized carbons (Fsp3) is 0.348. The van der Waals surface area contributed by atoms with Gasteiger partial charge in [0.15, 0.2) is 0 Å². The minimum Gasteiger partial charge on any atom is -0.378 e. The fourth-order valence-electron chi connectivity index (χ4n) is 3.25. The molecule has 27 heavy (non-hydrogen) atoms. The molecule has 1 amide bonds. The Morgan fingerprint density at radius 2 is 1.93 bits per heavy atom. The first-order valence-corrected chi connectivity index (χ1v) is 9.63. The quantitative estimate of drug-likeness (QED) is 0.784. The standard InChI is InChI=1S/C23H28N2O2/c1-3-22(24-23(26)12-11-19-9-7-18(2)8-10-19)20-5-4-6-21(17-20)25-13-15-27-16-14-25/h4-12,17,22H,3,13-16H2,1-2H3,(H,24,26). The molecule has 0 radical (unpaired) electrons. The Hall–Kier alpha value is -2.59. The van der Waals surface area contributed by atoms with Gasteiger partial charge in [-0.3, -0.25) is 4.79 Å². The summed E-state index contributed by atoms with van der Waals surface area (Å²) in [5.74, 6) is -0.0702. The molecule has 1 N–H and O–H groups in total. The van der Waals surface area contributed by atoms with Crippen molar-refractivity contribution in [2.45, 2.75) is 26.3 Å². The maximum Gasteiger partial charge on any atom is 0.244 e. The van der Waals surface area contributed by atoms with Crippen molar-refractivity contribution in [3.63, 3.8) is 0 Å². The first-order valence-electron chi connectivity index (χ1n) is 9.63. The largest absolute Gasteiger partial charge is 0.378 e. The van der Waals surface area contributed by atoms with Gasteiger partial charge in [0.25, 0.3) is 0 Å². The predicted molar refractivity (Wildman–Crippen MR) is 111 cm³/mol. The number of carbonyl (C=O) groups excluding carboxylic acids is 1. The van der Waals surface area contributed by atoms with Crippen LogP contribution in [0.3, 0.4) is 0 Å². The van der Waals surface area contributed by atoms with Crippen LogP contribution >= 0.6 is 0 Å². The highest BCUT2D eigenvalue weighted by Gasteiger charge is 2.15. The van der Waals surface area contributed by atoms with Gasteiger partial charge in [-0.05, 0) is 42.7 Å². The number of aryl methyl sites for hydroxylation is 1. The molecular weight excluding hydrogens is 336 g/mol. The second-order valence-corrected chi connectivity index (χ2v) is 6.91. The van der Waals surface area contributed by atoms with Crippen LogP contribution < -0.4 is 10.2 Å². The van der Waals surface area contributed by atoms with Gasteiger partial charge in [-0.2, -0.15) is 0 Å². The van der Waals surface area contributed by atoms with Gasteiger partial charge in [-0.25, -0.2) is 0 Å². The Morgan fingerprint density at radius 1 is 1.19 bits per heavy atom. The number of ether oxygens (including phenoxy) is 1. The number of morpholine rings is 1. The van der Waals surface area contributed by atoms with Crippen LogP contribution in [0.4, 0.5) is 5.69 Å². The molecule has 3 rings (SSSR count). The van der Waals surface area contributed by atoms with Crippen LogP contribution in [0.1, 0.15) is 36.1 Å². The van der Waals surface area contributed by atoms with Gasteiger partial charge >= 0.3 is 0 Å². The summed E-state index contributed by atoms with van der Waals surface area (Å²) in [6.45, 7) is 7.49. The van der Waals surface area contributed by atoms with Crippen molar-refractivity contribution >= 4 is 17.7 Å². The van der Waals surface area contributed by atoms with Crippen LogP contribution in [0.2, 0.25) is 0 Å². The van der Waals surface area contributed by atoms with Crippen LogP contribution in [0.15, 0.2) is 54.6 Å². The molecule has 2 aromatic carbocycles. The van der Waals surface area contributed by atoms with E-state index in [-0.39, 0.29) is 11.9 Å². The van der Waals surface area contributed by atoms with E-state index >= 15 is 0 Å². The summed E-state index contributed by atoms with van der Waals surface area (Å²) < 4.78 is 5.44. The fourth-order valence-corrected chi connectivity index (χ4v) is 3.25. The Balaban J connectivity index is 1.65. The minimum atomic E-state index is -0.0702. The van der Waals surface area contributed by atoms with E-state index in [4.69, 9.17) is 4.74 Å². The molecule has 1 aliphatic heterocycles. The summed E-state index contributed by atoms with van der Waals surface area (Å²) in [5.41, 5.74) is 4.57. The number of carbonyl (C=O) groups is 1. The maximum atomic E-state index is 12.4. The van der Waals surface area contributed by atoms with Gasteiger partial charge in [0.2, 0.25) is 5.91 Å². The van der Waals surface area contributed by atoms with E-state index in [0.29, 0.717) is 0 Å². The van der Waals surface area contributed by atoms with Crippen molar-refractivity contribution in [1.29, 1.82) is 0 Å². The highest BCUT2D eigenvalue weighted by Crippen LogP contribution is 2.23. The number of nitrogens with one attached hydrogen (secondary N) is 1. The van der Waals surface area contributed by atoms with E-state index in [9.17, 15) is 4.79 Å². The zero-order valence-electron chi connectivity index (χ0n) is 16.2. The number of benzene rings is 2. The smallest absolute Gasteiger partial charge is 0.244 e. The topological polar surface area (TPSA) is 41.6 Å². The predicted octanol–water partition coefficient (Wildman–Crippen LogP) is 4.11. The zero-order valence-corrected chi connectivity index (χ0v) is 16.2. The molecule has 0 bridgehead atoms. The third-order valence-corrected chi connectivity index (χ3v) is 4.88. The van der Waals surface area contributed by atoms with Crippen molar-refractivity contribution in [3.05, 3.63) is 71.3 Å². The molecule has 0 aliphatic carbocycles. The van der Waals surface area contributed by atoms with Crippen molar-refractivity contribution in [1.82, 2.24) is 5.32 Å². The lowest BCUT2D eigenvalue weighted by molar-refractivity contribution is -0.117. The molecule has 1 saturated heterocycles. The van der Waals surface area contributed by atoms with Crippen LogP contribution in [-0.2, 0) is 9.53 Å². The van der Waals surface area contributed by atoms with Crippen molar-refractivity contribution in [2.75, 3.05) is 31.2 Å². The maximum absolute atomic E-state index is 12.4. The first-order chi connectivity index (χ1) is 13.2. The van der Waals surface area contributed by atoms with E-state index in [0.717, 1.165) is 43.9 Å². The lowest BCUT2D eigenvalue weighted by Crippen LogP contribution is -2.36. The van der Waals surface area contributed by atoms with Crippen LogP contribution in [-0.4, -0.2) is 32.2 Å². The summed E-state index contributed by atoms with van der Waals surface area (Å²) >= 11 is 0. The SMILES string of the molecule is CCC(NC(=O)C=Cc1ccc(C)cc1)c1cccc(N2CCOCC2)c1. The third-order valence-electron chi connectivity index (χ3n) is 4.88. The second kappa shape index (κ2) is 9.38. The van der Waals surface area contributed by atoms with Crippen molar-refractivity contribution in [3.8, 4) is 0 Å². The highest BCUT2D eigenvalue weighted by atomic mass is 16.5. The van der Waals surface area contributed by atoms with Gasteiger partial charge in [0.1, 0.15) is 0 Å². The Kier molecular flexibility index (Phi) is 6.66. The number of nitrogens with zero attached hydrogens (tertiary/aromatic N) is 1. The van der Waals surface area contributed by atoms with Crippen LogP contribution in [0.25, 0.3) is 6.08 Å². The van der Waals surface area contributed by atoms with Crippen LogP contribution in [0.5, 0.6) is 0 Å². The number of anilines is 1. The average Bonchev–Trinajstić information content (AvgIpc) is 2.72. The van der Waals surface area contributed by atoms with E-state index in [1.807, 2.05) is 30.3 Å². The van der Waals surface area contributed by atoms with Crippen molar-refractivity contribution < 1.29 is 9.53 Å². The van der Waals surface area contributed by atoms with Gasteiger partial charge in [-0.15, -0.1) is 0 Å². The molecule has 0 aromatic heterocycles. The molecule has 4 nitrogen and oxygen atoms in total. The van der Waals surface area contributed by atoms with E-state index in [1.54, 1.807) is 6.08 Å². The monoisotopic (exact) mass is 364 g/mol. The van der Waals surface area contributed by atoms with Crippen molar-refractivity contribution in [2.24, 2.45) is 0 Å². The number of hydrogen-bond acceptors (Lipinski definition) is 3. The van der Waals surface area contributed by atoms with E-state index in [2.05, 4.69) is 48.3 Å². The molecule has 1 heterocycles. The molecule has 2 aromatic rings. The van der Waals surface area contributed by atoms with Crippen LogP contribution in [0, 0.1) is 6.92 Å². The second-order valence-electron chi connectivity index (χ2n) is 6.91. The Morgan fingerprint density at radius 3 is 2.63 bits per heavy atom. The Labute approximate surface area is 161 Å². The molecule has 142 valence electrons. The summed E-state index contributed by atoms with van der Waals surface area (Å²) in [6.07, 6.45) is 4.31. The van der Waals surface area contributed by atoms with Gasteiger partial charge in [-0.1, -0.05) is 48.9 Å². The molecule has 0 saturated carbocycles. The zero-order chi connectivity index (χ0) is 19.1. The lowest BCUT2D eigenvalue weighted by atomic mass is 10.0. The molecule has 1 unspecified atom stereocenters. The molecule has 1 atom stereocenters. The summed E-state index contributed by atoms with van der Waals surface area (Å²) in [6, 6.07) is 16.6. The molecule has 1 fully saturated rings. The molecule has 1 aliphatic rings. The average molecular weight is 364 g/mol. The third kappa shape index (κ3) is 5.44. The molecule has 4 heteroatoms. The highest BCUT2D eigenvalue weighted by molar-refractivity contribution is 5.92. The van der Waals surface area contributed by atoms with Gasteiger partial charge in [0.05, 0.1) is 19.3 Å².